The van der Waals surface area contributed by atoms with E-state index in [4.69, 9.17) is 7.85 Å². The van der Waals surface area contributed by atoms with Gasteiger partial charge in [0.15, 0.2) is 9.84 Å². The van der Waals surface area contributed by atoms with Gasteiger partial charge in [-0.3, -0.25) is 4.98 Å². The Morgan fingerprint density at radius 2 is 1.94 bits per heavy atom. The highest BCUT2D eigenvalue weighted by atomic mass is 32.2. The van der Waals surface area contributed by atoms with Crippen molar-refractivity contribution in [2.24, 2.45) is 0 Å². The molecule has 2 radical (unpaired) electrons. The monoisotopic (exact) mass is 245 g/mol. The van der Waals surface area contributed by atoms with Crippen LogP contribution in [0.5, 0.6) is 0 Å². The summed E-state index contributed by atoms with van der Waals surface area (Å²) in [5.41, 5.74) is 1.27. The van der Waals surface area contributed by atoms with Gasteiger partial charge in [0.2, 0.25) is 0 Å². The van der Waals surface area contributed by atoms with Crippen molar-refractivity contribution in [3.63, 3.8) is 0 Å². The molecule has 0 spiro atoms. The maximum absolute atomic E-state index is 12.1. The summed E-state index contributed by atoms with van der Waals surface area (Å²) in [5, 5.41) is -0.132. The first-order valence-electron chi connectivity index (χ1n) is 5.29. The minimum absolute atomic E-state index is 0.203. The molecular formula is C12H12BNO2S. The molecule has 1 aromatic heterocycles. The molecule has 1 aromatic carbocycles. The maximum atomic E-state index is 12.1. The van der Waals surface area contributed by atoms with Gasteiger partial charge in [0.25, 0.3) is 0 Å². The van der Waals surface area contributed by atoms with Crippen LogP contribution in [-0.4, -0.2) is 26.4 Å². The number of sulfone groups is 1. The zero-order valence-corrected chi connectivity index (χ0v) is 10.5. The number of benzene rings is 1. The van der Waals surface area contributed by atoms with Gasteiger partial charge in [0, 0.05) is 16.2 Å². The summed E-state index contributed by atoms with van der Waals surface area (Å²) in [6.45, 7) is 3.29. The van der Waals surface area contributed by atoms with E-state index in [1.165, 1.54) is 6.92 Å². The number of pyridine rings is 1. The van der Waals surface area contributed by atoms with E-state index in [0.717, 1.165) is 11.1 Å². The zero-order valence-electron chi connectivity index (χ0n) is 9.71. The van der Waals surface area contributed by atoms with Crippen LogP contribution in [0.1, 0.15) is 12.6 Å². The molecule has 0 aliphatic rings. The number of hydrogen-bond donors (Lipinski definition) is 0. The van der Waals surface area contributed by atoms with E-state index in [9.17, 15) is 8.42 Å². The smallest absolute Gasteiger partial charge is 0.174 e. The summed E-state index contributed by atoms with van der Waals surface area (Å²) >= 11 is 0. The van der Waals surface area contributed by atoms with Gasteiger partial charge < -0.3 is 0 Å². The van der Waals surface area contributed by atoms with Gasteiger partial charge in [-0.25, -0.2) is 8.42 Å². The molecule has 2 rings (SSSR count). The molecule has 0 N–H and O–H groups in total. The van der Waals surface area contributed by atoms with E-state index < -0.39 is 15.0 Å². The van der Waals surface area contributed by atoms with E-state index in [0.29, 0.717) is 5.52 Å². The topological polar surface area (TPSA) is 47.0 Å². The largest absolute Gasteiger partial charge is 0.252 e. The summed E-state index contributed by atoms with van der Waals surface area (Å²) in [5.74, 6) is 0. The number of para-hydroxylation sites is 1. The highest BCUT2D eigenvalue weighted by Gasteiger charge is 2.21. The molecule has 5 heteroatoms. The van der Waals surface area contributed by atoms with Crippen LogP contribution < -0.4 is 0 Å². The van der Waals surface area contributed by atoms with Crippen molar-refractivity contribution < 1.29 is 8.42 Å². The maximum Gasteiger partial charge on any atom is 0.174 e. The van der Waals surface area contributed by atoms with Gasteiger partial charge in [-0.05, 0) is 19.1 Å². The van der Waals surface area contributed by atoms with Gasteiger partial charge in [-0.2, -0.15) is 0 Å². The fraction of sp³-hybridized carbons (Fsp3) is 0.250. The molecule has 1 heterocycles. The SMILES string of the molecule is [B]C(C)S(=O)(=O)c1cccc2ccc(C)nc12. The Kier molecular flexibility index (Phi) is 2.95. The number of fused-ring (bicyclic) bond motifs is 1. The number of nitrogens with zero attached hydrogens (tertiary/aromatic N) is 1. The van der Waals surface area contributed by atoms with Crippen molar-refractivity contribution in [3.05, 3.63) is 36.0 Å². The van der Waals surface area contributed by atoms with E-state index in [2.05, 4.69) is 4.98 Å². The Balaban J connectivity index is 2.83. The zero-order chi connectivity index (χ0) is 12.6. The van der Waals surface area contributed by atoms with Gasteiger partial charge in [-0.15, -0.1) is 0 Å². The molecule has 86 valence electrons. The highest BCUT2D eigenvalue weighted by Crippen LogP contribution is 2.24. The molecule has 2 aromatic rings. The molecule has 0 amide bonds. The predicted molar refractivity (Wildman–Crippen MR) is 68.9 cm³/mol. The van der Waals surface area contributed by atoms with Crippen molar-refractivity contribution >= 4 is 28.6 Å². The summed E-state index contributed by atoms with van der Waals surface area (Å²) < 4.78 is 24.2. The summed E-state index contributed by atoms with van der Waals surface area (Å²) in [6, 6.07) is 8.80. The first-order chi connectivity index (χ1) is 7.93. The standard InChI is InChI=1S/C12H12BNO2S/c1-8-6-7-10-4-3-5-11(12(10)14-8)17(15,16)9(2)13/h3-7,9H,1-2H3. The van der Waals surface area contributed by atoms with Crippen molar-refractivity contribution in [1.82, 2.24) is 4.98 Å². The third kappa shape index (κ3) is 2.07. The lowest BCUT2D eigenvalue weighted by atomic mass is 10.1. The second-order valence-corrected chi connectivity index (χ2v) is 6.30. The molecule has 0 fully saturated rings. The first kappa shape index (κ1) is 12.1. The van der Waals surface area contributed by atoms with E-state index in [1.807, 2.05) is 25.1 Å². The summed E-state index contributed by atoms with van der Waals surface area (Å²) in [4.78, 5) is 4.49. The van der Waals surface area contributed by atoms with Crippen molar-refractivity contribution in [2.75, 3.05) is 0 Å². The third-order valence-corrected chi connectivity index (χ3v) is 4.54. The van der Waals surface area contributed by atoms with E-state index in [-0.39, 0.29) is 4.90 Å². The van der Waals surface area contributed by atoms with Gasteiger partial charge in [0.1, 0.15) is 0 Å². The second-order valence-electron chi connectivity index (χ2n) is 4.03. The molecule has 0 aliphatic heterocycles. The lowest BCUT2D eigenvalue weighted by Crippen LogP contribution is -2.18. The average Bonchev–Trinajstić information content (AvgIpc) is 2.27. The summed E-state index contributed by atoms with van der Waals surface area (Å²) in [6.07, 6.45) is 0. The minimum atomic E-state index is -3.50. The van der Waals surface area contributed by atoms with Gasteiger partial charge >= 0.3 is 0 Å². The number of aryl methyl sites for hydroxylation is 1. The van der Waals surface area contributed by atoms with Crippen LogP contribution in [0, 0.1) is 6.92 Å². The van der Waals surface area contributed by atoms with Crippen LogP contribution in [0.3, 0.4) is 0 Å². The molecule has 0 saturated heterocycles. The van der Waals surface area contributed by atoms with Gasteiger partial charge in [0.05, 0.1) is 18.3 Å². The van der Waals surface area contributed by atoms with Crippen LogP contribution in [0.15, 0.2) is 35.2 Å². The van der Waals surface area contributed by atoms with Crippen LogP contribution in [-0.2, 0) is 9.84 Å². The van der Waals surface area contributed by atoms with E-state index in [1.54, 1.807) is 12.1 Å². The number of rotatable bonds is 2. The van der Waals surface area contributed by atoms with Crippen LogP contribution in [0.25, 0.3) is 10.9 Å². The average molecular weight is 245 g/mol. The first-order valence-corrected chi connectivity index (χ1v) is 6.83. The minimum Gasteiger partial charge on any atom is -0.252 e. The Labute approximate surface area is 102 Å². The second kappa shape index (κ2) is 4.15. The molecule has 1 unspecified atom stereocenters. The molecule has 0 bridgehead atoms. The quantitative estimate of drug-likeness (QED) is 0.758. The molecule has 1 atom stereocenters. The lowest BCUT2D eigenvalue weighted by Gasteiger charge is -2.10. The molecular weight excluding hydrogens is 233 g/mol. The van der Waals surface area contributed by atoms with E-state index >= 15 is 0 Å². The lowest BCUT2D eigenvalue weighted by molar-refractivity contribution is 0.595. The molecule has 17 heavy (non-hydrogen) atoms. The van der Waals surface area contributed by atoms with Crippen molar-refractivity contribution in [1.29, 1.82) is 0 Å². The number of aromatic nitrogens is 1. The Hall–Kier alpha value is -1.36. The fourth-order valence-corrected chi connectivity index (χ4v) is 2.75. The van der Waals surface area contributed by atoms with Crippen LogP contribution >= 0.6 is 0 Å². The van der Waals surface area contributed by atoms with Crippen molar-refractivity contribution in [3.8, 4) is 0 Å². The Bertz CT molecular complexity index is 665. The molecule has 0 aliphatic carbocycles. The predicted octanol–water partition coefficient (Wildman–Crippen LogP) is 1.83. The van der Waals surface area contributed by atoms with Crippen LogP contribution in [0.2, 0.25) is 0 Å². The molecule has 0 saturated carbocycles. The Morgan fingerprint density at radius 3 is 2.59 bits per heavy atom. The molecule has 3 nitrogen and oxygen atoms in total. The third-order valence-electron chi connectivity index (χ3n) is 2.62. The Morgan fingerprint density at radius 1 is 1.24 bits per heavy atom. The van der Waals surface area contributed by atoms with Gasteiger partial charge in [-0.1, -0.05) is 25.1 Å². The fourth-order valence-electron chi connectivity index (χ4n) is 1.65. The summed E-state index contributed by atoms with van der Waals surface area (Å²) in [7, 11) is 2.01. The highest BCUT2D eigenvalue weighted by molar-refractivity contribution is 7.93. The normalized spacial score (nSPS) is 13.8. The number of hydrogen-bond acceptors (Lipinski definition) is 3. The van der Waals surface area contributed by atoms with Crippen LogP contribution in [0.4, 0.5) is 0 Å². The van der Waals surface area contributed by atoms with Crippen molar-refractivity contribution in [2.45, 2.75) is 23.9 Å².